The van der Waals surface area contributed by atoms with Crippen LogP contribution in [0.2, 0.25) is 0 Å². The molecule has 0 spiro atoms. The number of unbranched alkanes of at least 4 members (excludes halogenated alkanes) is 10. The molecule has 4 rings (SSSR count). The molecule has 0 unspecified atom stereocenters. The number of rotatable bonds is 21. The van der Waals surface area contributed by atoms with Gasteiger partial charge in [-0.05, 0) is 90.9 Å². The van der Waals surface area contributed by atoms with E-state index in [1.54, 1.807) is 43.3 Å². The van der Waals surface area contributed by atoms with Crippen LogP contribution in [0.5, 0.6) is 11.5 Å². The lowest BCUT2D eigenvalue weighted by atomic mass is 10.0. The lowest BCUT2D eigenvalue weighted by Crippen LogP contribution is -2.26. The van der Waals surface area contributed by atoms with Crippen LogP contribution >= 0.6 is 11.3 Å². The first-order valence-corrected chi connectivity index (χ1v) is 18.7. The van der Waals surface area contributed by atoms with E-state index >= 15 is 0 Å². The van der Waals surface area contributed by atoms with Crippen molar-refractivity contribution in [1.29, 1.82) is 0 Å². The highest BCUT2D eigenvalue weighted by Crippen LogP contribution is 2.32. The second kappa shape index (κ2) is 20.5. The van der Waals surface area contributed by atoms with E-state index in [0.717, 1.165) is 53.3 Å². The smallest absolute Gasteiger partial charge is 0.353 e. The predicted molar refractivity (Wildman–Crippen MR) is 197 cm³/mol. The molecule has 1 atom stereocenters. The first-order valence-electron chi connectivity index (χ1n) is 17.8. The normalized spacial score (nSPS) is 11.7. The van der Waals surface area contributed by atoms with Crippen molar-refractivity contribution in [3.8, 4) is 22.6 Å². The average molecular weight is 687 g/mol. The van der Waals surface area contributed by atoms with Gasteiger partial charge in [0.1, 0.15) is 16.4 Å². The minimum Gasteiger partial charge on any atom is -0.462 e. The van der Waals surface area contributed by atoms with Gasteiger partial charge in [0.15, 0.2) is 6.10 Å². The van der Waals surface area contributed by atoms with Gasteiger partial charge in [-0.2, -0.15) is 0 Å². The summed E-state index contributed by atoms with van der Waals surface area (Å²) in [6.45, 7) is 7.07. The molecule has 1 aromatic heterocycles. The van der Waals surface area contributed by atoms with E-state index in [4.69, 9.17) is 18.9 Å². The zero-order chi connectivity index (χ0) is 34.8. The van der Waals surface area contributed by atoms with Gasteiger partial charge in [-0.25, -0.2) is 14.4 Å². The van der Waals surface area contributed by atoms with E-state index in [2.05, 4.69) is 13.8 Å². The summed E-state index contributed by atoms with van der Waals surface area (Å²) in [4.78, 5) is 38.3. The van der Waals surface area contributed by atoms with Crippen LogP contribution in [0.4, 0.5) is 0 Å². The number of hydrogen-bond donors (Lipinski definition) is 0. The summed E-state index contributed by atoms with van der Waals surface area (Å²) in [5.41, 5.74) is 2.35. The van der Waals surface area contributed by atoms with Gasteiger partial charge < -0.3 is 18.9 Å². The third-order valence-electron chi connectivity index (χ3n) is 8.35. The molecule has 7 nitrogen and oxygen atoms in total. The third kappa shape index (κ3) is 12.4. The average Bonchev–Trinajstić information content (AvgIpc) is 3.55. The van der Waals surface area contributed by atoms with Gasteiger partial charge in [-0.1, -0.05) is 96.3 Å². The van der Waals surface area contributed by atoms with E-state index in [-0.39, 0.29) is 5.97 Å². The number of carbonyl (C=O) groups excluding carboxylic acids is 3. The second-order valence-corrected chi connectivity index (χ2v) is 13.5. The van der Waals surface area contributed by atoms with E-state index in [0.29, 0.717) is 35.2 Å². The largest absolute Gasteiger partial charge is 0.462 e. The first kappa shape index (κ1) is 37.8. The van der Waals surface area contributed by atoms with Gasteiger partial charge in [0.05, 0.1) is 12.2 Å². The Bertz CT molecular complexity index is 1610. The van der Waals surface area contributed by atoms with Gasteiger partial charge in [0, 0.05) is 11.3 Å². The molecule has 0 aliphatic heterocycles. The van der Waals surface area contributed by atoms with Crippen molar-refractivity contribution in [3.63, 3.8) is 0 Å². The van der Waals surface area contributed by atoms with E-state index in [1.807, 2.05) is 36.4 Å². The van der Waals surface area contributed by atoms with Crippen LogP contribution in [-0.4, -0.2) is 37.2 Å². The lowest BCUT2D eigenvalue weighted by molar-refractivity contribution is -0.146. The maximum Gasteiger partial charge on any atom is 0.353 e. The molecule has 0 aliphatic rings. The molecule has 0 radical (unpaired) electrons. The highest BCUT2D eigenvalue weighted by molar-refractivity contribution is 7.20. The summed E-state index contributed by atoms with van der Waals surface area (Å²) in [5.74, 6) is -0.424. The quantitative estimate of drug-likeness (QED) is 0.0489. The van der Waals surface area contributed by atoms with Gasteiger partial charge >= 0.3 is 17.9 Å². The minimum absolute atomic E-state index is 0.357. The van der Waals surface area contributed by atoms with Crippen molar-refractivity contribution in [3.05, 3.63) is 83.2 Å². The number of thiophene rings is 1. The molecule has 0 N–H and O–H groups in total. The molecule has 0 saturated carbocycles. The molecule has 1 heterocycles. The SMILES string of the molecule is CCCCCCCCOC(=O)c1ccc(OC(=O)c2cc3cc(-c4ccc(OC(=O)[C@H](C)OCCCCCCCC)cc4)ccc3s2)cc1. The maximum absolute atomic E-state index is 13.0. The molecule has 49 heavy (non-hydrogen) atoms. The fourth-order valence-electron chi connectivity index (χ4n) is 5.40. The Balaban J connectivity index is 1.25. The number of carbonyl (C=O) groups is 3. The Morgan fingerprint density at radius 2 is 1.18 bits per heavy atom. The lowest BCUT2D eigenvalue weighted by Gasteiger charge is -2.13. The van der Waals surface area contributed by atoms with Crippen molar-refractivity contribution in [2.45, 2.75) is 104 Å². The maximum atomic E-state index is 13.0. The highest BCUT2D eigenvalue weighted by atomic mass is 32.1. The molecule has 0 amide bonds. The molecule has 0 fully saturated rings. The van der Waals surface area contributed by atoms with E-state index < -0.39 is 18.0 Å². The Labute approximate surface area is 294 Å². The van der Waals surface area contributed by atoms with Gasteiger partial charge in [-0.3, -0.25) is 0 Å². The summed E-state index contributed by atoms with van der Waals surface area (Å²) in [5, 5.41) is 0.921. The molecule has 0 aliphatic carbocycles. The van der Waals surface area contributed by atoms with Crippen LogP contribution in [0.3, 0.4) is 0 Å². The van der Waals surface area contributed by atoms with Crippen LogP contribution in [0.25, 0.3) is 21.2 Å². The third-order valence-corrected chi connectivity index (χ3v) is 9.45. The molecule has 0 bridgehead atoms. The van der Waals surface area contributed by atoms with Gasteiger partial charge in [0.25, 0.3) is 0 Å². The zero-order valence-electron chi connectivity index (χ0n) is 29.2. The number of esters is 3. The minimum atomic E-state index is -0.625. The van der Waals surface area contributed by atoms with Crippen molar-refractivity contribution in [2.75, 3.05) is 13.2 Å². The van der Waals surface area contributed by atoms with Gasteiger partial charge in [-0.15, -0.1) is 11.3 Å². The van der Waals surface area contributed by atoms with Crippen LogP contribution in [0, 0.1) is 0 Å². The van der Waals surface area contributed by atoms with Crippen molar-refractivity contribution in [1.82, 2.24) is 0 Å². The fourth-order valence-corrected chi connectivity index (χ4v) is 6.32. The monoisotopic (exact) mass is 686 g/mol. The summed E-state index contributed by atoms with van der Waals surface area (Å²) in [6, 6.07) is 21.6. The van der Waals surface area contributed by atoms with Crippen molar-refractivity contribution in [2.24, 2.45) is 0 Å². The molecule has 4 aromatic rings. The van der Waals surface area contributed by atoms with Crippen LogP contribution in [-0.2, 0) is 14.3 Å². The van der Waals surface area contributed by atoms with Gasteiger partial charge in [0.2, 0.25) is 0 Å². The molecule has 262 valence electrons. The standard InChI is InChI=1S/C41H50O7S/c1-4-6-8-10-12-14-26-45-30(3)39(42)47-35-21-16-31(17-22-35)33-20-25-37-34(28-33)29-38(49-37)41(44)48-36-23-18-32(19-24-36)40(43)46-27-15-13-11-9-7-5-2/h16-25,28-30H,4-15,26-27H2,1-3H3/t30-/m0/s1. The number of benzene rings is 3. The topological polar surface area (TPSA) is 88.1 Å². The Morgan fingerprint density at radius 1 is 0.612 bits per heavy atom. The second-order valence-electron chi connectivity index (χ2n) is 12.4. The Kier molecular flexibility index (Phi) is 15.8. The Morgan fingerprint density at radius 3 is 1.86 bits per heavy atom. The number of hydrogen-bond acceptors (Lipinski definition) is 8. The Hall–Kier alpha value is -4.01. The molecule has 3 aromatic carbocycles. The van der Waals surface area contributed by atoms with Crippen LogP contribution < -0.4 is 9.47 Å². The summed E-state index contributed by atoms with van der Waals surface area (Å²) in [6.07, 6.45) is 13.1. The highest BCUT2D eigenvalue weighted by Gasteiger charge is 2.17. The summed E-state index contributed by atoms with van der Waals surface area (Å²) >= 11 is 1.36. The first-order chi connectivity index (χ1) is 23.9. The molecule has 8 heteroatoms. The van der Waals surface area contributed by atoms with Crippen LogP contribution in [0.1, 0.15) is 118 Å². The molecule has 0 saturated heterocycles. The zero-order valence-corrected chi connectivity index (χ0v) is 30.0. The molecular formula is C41H50O7S. The van der Waals surface area contributed by atoms with E-state index in [1.165, 1.54) is 56.3 Å². The summed E-state index contributed by atoms with van der Waals surface area (Å²) in [7, 11) is 0. The van der Waals surface area contributed by atoms with E-state index in [9.17, 15) is 14.4 Å². The van der Waals surface area contributed by atoms with Crippen molar-refractivity contribution >= 4 is 39.3 Å². The number of ether oxygens (including phenoxy) is 4. The number of fused-ring (bicyclic) bond motifs is 1. The predicted octanol–water partition coefficient (Wildman–Crippen LogP) is 11.0. The van der Waals surface area contributed by atoms with Crippen LogP contribution in [0.15, 0.2) is 72.8 Å². The summed E-state index contributed by atoms with van der Waals surface area (Å²) < 4.78 is 23.2. The molecular weight excluding hydrogens is 637 g/mol. The fraction of sp³-hybridized carbons (Fsp3) is 0.439. The van der Waals surface area contributed by atoms with Crippen molar-refractivity contribution < 1.29 is 33.3 Å².